The van der Waals surface area contributed by atoms with Crippen LogP contribution >= 0.6 is 11.6 Å². The average Bonchev–Trinajstić information content (AvgIpc) is 3.10. The lowest BCUT2D eigenvalue weighted by molar-refractivity contribution is 0.0454. The van der Waals surface area contributed by atoms with E-state index in [1.807, 2.05) is 25.1 Å². The maximum absolute atomic E-state index is 13.4. The summed E-state index contributed by atoms with van der Waals surface area (Å²) < 4.78 is 40.8. The van der Waals surface area contributed by atoms with Crippen LogP contribution in [0.15, 0.2) is 48.6 Å². The van der Waals surface area contributed by atoms with Crippen LogP contribution in [0.1, 0.15) is 60.5 Å². The van der Waals surface area contributed by atoms with Gasteiger partial charge in [0, 0.05) is 36.2 Å². The molecule has 1 amide bonds. The number of methoxy groups -OCH3 is 1. The molecule has 2 aliphatic carbocycles. The van der Waals surface area contributed by atoms with E-state index in [1.54, 1.807) is 18.2 Å². The molecule has 0 radical (unpaired) electrons. The number of halogens is 1. The molecule has 4 aliphatic rings. The third-order valence-electron chi connectivity index (χ3n) is 9.97. The van der Waals surface area contributed by atoms with Crippen LogP contribution in [0, 0.1) is 17.8 Å². The summed E-state index contributed by atoms with van der Waals surface area (Å²) in [6.07, 6.45) is 8.23. The van der Waals surface area contributed by atoms with Crippen molar-refractivity contribution in [3.63, 3.8) is 0 Å². The second kappa shape index (κ2) is 12.1. The highest BCUT2D eigenvalue weighted by Crippen LogP contribution is 2.46. The summed E-state index contributed by atoms with van der Waals surface area (Å²) in [6.45, 7) is 3.74. The normalized spacial score (nSPS) is 32.8. The number of carbonyl (C=O) groups excluding carboxylic acids is 1. The Morgan fingerprint density at radius 1 is 1.19 bits per heavy atom. The smallest absolute Gasteiger partial charge is 0.264 e. The Labute approximate surface area is 259 Å². The lowest BCUT2D eigenvalue weighted by Crippen LogP contribution is -2.49. The molecule has 0 aromatic heterocycles. The van der Waals surface area contributed by atoms with E-state index in [2.05, 4.69) is 21.8 Å². The van der Waals surface area contributed by atoms with Crippen LogP contribution in [-0.2, 0) is 26.6 Å². The van der Waals surface area contributed by atoms with Gasteiger partial charge in [-0.2, -0.15) is 0 Å². The van der Waals surface area contributed by atoms with Gasteiger partial charge in [0.15, 0.2) is 0 Å². The second-order valence-electron chi connectivity index (χ2n) is 12.9. The zero-order valence-electron chi connectivity index (χ0n) is 24.8. The quantitative estimate of drug-likeness (QED) is 0.457. The summed E-state index contributed by atoms with van der Waals surface area (Å²) in [5.41, 5.74) is 3.25. The monoisotopic (exact) mass is 628 g/mol. The van der Waals surface area contributed by atoms with Gasteiger partial charge in [-0.1, -0.05) is 36.7 Å². The number of anilines is 1. The largest absolute Gasteiger partial charge is 0.490 e. The second-order valence-corrected chi connectivity index (χ2v) is 15.3. The number of allylic oxidation sites excluding steroid dienone is 1. The zero-order chi connectivity index (χ0) is 30.4. The number of hydrogen-bond donors (Lipinski definition) is 2. The molecule has 8 nitrogen and oxygen atoms in total. The molecular weight excluding hydrogens is 588 g/mol. The highest BCUT2D eigenvalue weighted by molar-refractivity contribution is 7.90. The van der Waals surface area contributed by atoms with Gasteiger partial charge < -0.3 is 19.5 Å². The molecule has 2 N–H and O–H groups in total. The Balaban J connectivity index is 1.42. The van der Waals surface area contributed by atoms with E-state index in [0.717, 1.165) is 42.8 Å². The number of nitrogens with zero attached hydrogens (tertiary/aromatic N) is 1. The van der Waals surface area contributed by atoms with Crippen molar-refractivity contribution in [1.29, 1.82) is 0 Å². The van der Waals surface area contributed by atoms with Gasteiger partial charge >= 0.3 is 0 Å². The van der Waals surface area contributed by atoms with Crippen molar-refractivity contribution < 1.29 is 27.8 Å². The van der Waals surface area contributed by atoms with Crippen LogP contribution in [0.5, 0.6) is 5.75 Å². The Morgan fingerprint density at radius 2 is 2.02 bits per heavy atom. The van der Waals surface area contributed by atoms with E-state index in [4.69, 9.17) is 21.1 Å². The van der Waals surface area contributed by atoms with Crippen molar-refractivity contribution in [2.24, 2.45) is 17.8 Å². The fourth-order valence-corrected chi connectivity index (χ4v) is 9.10. The van der Waals surface area contributed by atoms with Gasteiger partial charge in [-0.05, 0) is 97.7 Å². The van der Waals surface area contributed by atoms with Crippen molar-refractivity contribution in [2.75, 3.05) is 38.3 Å². The summed E-state index contributed by atoms with van der Waals surface area (Å²) in [5.74, 6) is 0.218. The SMILES string of the molecule is COC[C@@H]1C[C@H](C)/C=C/[C@H](O)[C@@H]2CC[C@H]2CN2C[C@@]3(CCCc4cc(Cl)ccc43)COc3ccc(cc32)C(=O)NS1(=O)=O. The molecule has 43 heavy (non-hydrogen) atoms. The number of rotatable bonds is 2. The van der Waals surface area contributed by atoms with E-state index < -0.39 is 27.3 Å². The number of fused-ring (bicyclic) bond motifs is 4. The Morgan fingerprint density at radius 3 is 2.79 bits per heavy atom. The molecule has 10 heteroatoms. The standard InChI is InChI=1S/C33H41ClN2O6S/c1-21-5-11-30(37)27-9-6-24(27)17-36-19-33(13-3-4-22-15-25(34)8-10-28(22)33)20-42-31-12-7-23(16-29(31)36)32(38)35-43(39,40)26(14-21)18-41-2/h5,7-8,10-12,15-16,21,24,26-27,30,37H,3-4,6,9,13-14,17-20H2,1-2H3,(H,35,38)/b11-5+/t21-,24+,26+,27-,30+,33+/m1/s1. The first kappa shape index (κ1) is 30.4. The van der Waals surface area contributed by atoms with Crippen LogP contribution in [0.25, 0.3) is 0 Å². The molecule has 2 aromatic carbocycles. The Kier molecular flexibility index (Phi) is 8.54. The first-order chi connectivity index (χ1) is 20.6. The Bertz CT molecular complexity index is 1510. The molecule has 2 aliphatic heterocycles. The third-order valence-corrected chi connectivity index (χ3v) is 11.9. The summed E-state index contributed by atoms with van der Waals surface area (Å²) in [6, 6.07) is 11.3. The van der Waals surface area contributed by atoms with Crippen LogP contribution in [0.2, 0.25) is 5.02 Å². The molecule has 0 unspecified atom stereocenters. The van der Waals surface area contributed by atoms with Gasteiger partial charge in [0.2, 0.25) is 10.0 Å². The minimum absolute atomic E-state index is 0.0470. The van der Waals surface area contributed by atoms with Crippen molar-refractivity contribution in [2.45, 2.75) is 62.2 Å². The van der Waals surface area contributed by atoms with Crippen molar-refractivity contribution in [3.8, 4) is 5.75 Å². The van der Waals surface area contributed by atoms with E-state index in [0.29, 0.717) is 25.4 Å². The van der Waals surface area contributed by atoms with Crippen LogP contribution < -0.4 is 14.4 Å². The third kappa shape index (κ3) is 6.06. The summed E-state index contributed by atoms with van der Waals surface area (Å²) in [4.78, 5) is 15.8. The lowest BCUT2D eigenvalue weighted by Gasteiger charge is -2.45. The van der Waals surface area contributed by atoms with Gasteiger partial charge in [-0.25, -0.2) is 13.1 Å². The number of aryl methyl sites for hydroxylation is 1. The van der Waals surface area contributed by atoms with Gasteiger partial charge in [0.25, 0.3) is 5.91 Å². The van der Waals surface area contributed by atoms with Gasteiger partial charge in [0.05, 0.1) is 25.0 Å². The van der Waals surface area contributed by atoms with Gasteiger partial charge in [-0.15, -0.1) is 0 Å². The number of hydrogen-bond acceptors (Lipinski definition) is 7. The number of ether oxygens (including phenoxy) is 2. The van der Waals surface area contributed by atoms with Crippen LogP contribution in [-0.4, -0.2) is 64.2 Å². The molecule has 2 heterocycles. The molecule has 6 atom stereocenters. The van der Waals surface area contributed by atoms with Crippen molar-refractivity contribution in [3.05, 3.63) is 70.3 Å². The van der Waals surface area contributed by atoms with Crippen molar-refractivity contribution >= 4 is 33.2 Å². The lowest BCUT2D eigenvalue weighted by atomic mass is 9.68. The molecule has 1 spiro atoms. The zero-order valence-corrected chi connectivity index (χ0v) is 26.4. The molecular formula is C33H41ClN2O6S. The van der Waals surface area contributed by atoms with E-state index in [1.165, 1.54) is 18.2 Å². The molecule has 1 saturated carbocycles. The summed E-state index contributed by atoms with van der Waals surface area (Å²) >= 11 is 6.39. The summed E-state index contributed by atoms with van der Waals surface area (Å²) in [7, 11) is -2.59. The number of benzene rings is 2. The molecule has 2 aromatic rings. The number of amides is 1. The fourth-order valence-electron chi connectivity index (χ4n) is 7.49. The van der Waals surface area contributed by atoms with E-state index in [-0.39, 0.29) is 41.8 Å². The van der Waals surface area contributed by atoms with Gasteiger partial charge in [0.1, 0.15) is 11.0 Å². The highest BCUT2D eigenvalue weighted by atomic mass is 35.5. The van der Waals surface area contributed by atoms with Gasteiger partial charge in [-0.3, -0.25) is 4.79 Å². The highest BCUT2D eigenvalue weighted by Gasteiger charge is 2.44. The molecule has 232 valence electrons. The number of aliphatic hydroxyl groups is 1. The molecule has 1 fully saturated rings. The molecule has 0 saturated heterocycles. The molecule has 6 rings (SSSR count). The number of aliphatic hydroxyl groups excluding tert-OH is 1. The fraction of sp³-hybridized carbons (Fsp3) is 0.545. The maximum Gasteiger partial charge on any atom is 0.264 e. The van der Waals surface area contributed by atoms with Crippen LogP contribution in [0.4, 0.5) is 5.69 Å². The minimum atomic E-state index is -4.04. The van der Waals surface area contributed by atoms with E-state index >= 15 is 0 Å². The minimum Gasteiger partial charge on any atom is -0.490 e. The number of carbonyl (C=O) groups is 1. The number of sulfonamides is 1. The van der Waals surface area contributed by atoms with E-state index in [9.17, 15) is 18.3 Å². The topological polar surface area (TPSA) is 105 Å². The number of nitrogens with one attached hydrogen (secondary N) is 1. The first-order valence-electron chi connectivity index (χ1n) is 15.3. The average molecular weight is 629 g/mol. The Hall–Kier alpha value is -2.59. The first-order valence-corrected chi connectivity index (χ1v) is 17.2. The maximum atomic E-state index is 13.4. The summed E-state index contributed by atoms with van der Waals surface area (Å²) in [5, 5.41) is 11.0. The van der Waals surface area contributed by atoms with Crippen molar-refractivity contribution in [1.82, 2.24) is 4.72 Å². The predicted molar refractivity (Wildman–Crippen MR) is 167 cm³/mol. The predicted octanol–water partition coefficient (Wildman–Crippen LogP) is 4.87. The molecule has 2 bridgehead atoms. The van der Waals surface area contributed by atoms with Crippen LogP contribution in [0.3, 0.4) is 0 Å².